The van der Waals surface area contributed by atoms with E-state index in [-0.39, 0.29) is 0 Å². The first kappa shape index (κ1) is 13.4. The van der Waals surface area contributed by atoms with Crippen molar-refractivity contribution in [2.45, 2.75) is 39.2 Å². The Bertz CT molecular complexity index is 308. The second-order valence-corrected chi connectivity index (χ2v) is 5.37. The van der Waals surface area contributed by atoms with Crippen molar-refractivity contribution in [3.63, 3.8) is 0 Å². The Balaban J connectivity index is 2.35. The molecule has 2 nitrogen and oxygen atoms in total. The number of rotatable bonds is 7. The molecule has 90 valence electrons. The predicted molar refractivity (Wildman–Crippen MR) is 70.0 cm³/mol. The molecular weight excluding hydrogens is 218 g/mol. The molecule has 0 saturated heterocycles. The lowest BCUT2D eigenvalue weighted by Crippen LogP contribution is -2.35. The summed E-state index contributed by atoms with van der Waals surface area (Å²) in [5.41, 5.74) is 0. The van der Waals surface area contributed by atoms with Crippen molar-refractivity contribution in [1.29, 1.82) is 0 Å². The average Bonchev–Trinajstić information content (AvgIpc) is 2.70. The van der Waals surface area contributed by atoms with Crippen molar-refractivity contribution < 1.29 is 4.79 Å². The van der Waals surface area contributed by atoms with Gasteiger partial charge in [0.2, 0.25) is 0 Å². The van der Waals surface area contributed by atoms with E-state index in [9.17, 15) is 4.79 Å². The molecular formula is C13H21NOS. The molecule has 0 radical (unpaired) electrons. The highest BCUT2D eigenvalue weighted by Crippen LogP contribution is 2.13. The fourth-order valence-electron chi connectivity index (χ4n) is 1.67. The normalized spacial score (nSPS) is 13.0. The largest absolute Gasteiger partial charge is 0.298 e. The third-order valence-corrected chi connectivity index (χ3v) is 3.68. The van der Waals surface area contributed by atoms with Crippen LogP contribution in [0.5, 0.6) is 0 Å². The molecule has 0 aromatic carbocycles. The van der Waals surface area contributed by atoms with Crippen LogP contribution in [0.2, 0.25) is 0 Å². The Kier molecular flexibility index (Phi) is 5.71. The van der Waals surface area contributed by atoms with Crippen molar-refractivity contribution in [3.05, 3.63) is 22.4 Å². The molecule has 1 unspecified atom stereocenters. The number of hydrogen-bond donors (Lipinski definition) is 0. The van der Waals surface area contributed by atoms with Crippen LogP contribution in [0.1, 0.15) is 31.6 Å². The topological polar surface area (TPSA) is 20.3 Å². The van der Waals surface area contributed by atoms with Gasteiger partial charge in [0, 0.05) is 17.3 Å². The molecule has 0 aliphatic heterocycles. The van der Waals surface area contributed by atoms with E-state index < -0.39 is 0 Å². The van der Waals surface area contributed by atoms with E-state index in [0.29, 0.717) is 24.8 Å². The van der Waals surface area contributed by atoms with Gasteiger partial charge in [0.05, 0.1) is 6.54 Å². The highest BCUT2D eigenvalue weighted by Gasteiger charge is 2.13. The molecule has 0 aliphatic rings. The van der Waals surface area contributed by atoms with Gasteiger partial charge in [0.25, 0.3) is 0 Å². The van der Waals surface area contributed by atoms with Gasteiger partial charge in [0.15, 0.2) is 0 Å². The minimum absolute atomic E-state index is 0.350. The maximum absolute atomic E-state index is 11.5. The fourth-order valence-corrected chi connectivity index (χ4v) is 2.49. The molecule has 1 atom stereocenters. The molecule has 0 bridgehead atoms. The van der Waals surface area contributed by atoms with E-state index in [1.807, 2.05) is 14.0 Å². The molecule has 1 aromatic heterocycles. The minimum Gasteiger partial charge on any atom is -0.298 e. The van der Waals surface area contributed by atoms with Crippen LogP contribution >= 0.6 is 11.3 Å². The number of Topliss-reactive ketones (excluding diaryl/α,β-unsaturated/α-hetero) is 1. The molecule has 0 spiro atoms. The smallest absolute Gasteiger partial charge is 0.146 e. The molecule has 0 aliphatic carbocycles. The molecule has 0 amide bonds. The van der Waals surface area contributed by atoms with Gasteiger partial charge in [-0.3, -0.25) is 9.69 Å². The number of carbonyl (C=O) groups is 1. The Morgan fingerprint density at radius 1 is 1.56 bits per heavy atom. The Labute approximate surface area is 102 Å². The van der Waals surface area contributed by atoms with Crippen molar-refractivity contribution in [2.75, 3.05) is 13.6 Å². The number of likely N-dealkylation sites (N-methyl/N-ethyl adjacent to an activating group) is 1. The highest BCUT2D eigenvalue weighted by atomic mass is 32.1. The van der Waals surface area contributed by atoms with Crippen molar-refractivity contribution in [1.82, 2.24) is 4.90 Å². The number of hydrogen-bond acceptors (Lipinski definition) is 3. The molecule has 1 aromatic rings. The lowest BCUT2D eigenvalue weighted by molar-refractivity contribution is -0.120. The molecule has 0 saturated carbocycles. The van der Waals surface area contributed by atoms with Gasteiger partial charge in [-0.05, 0) is 38.3 Å². The fraction of sp³-hybridized carbons (Fsp3) is 0.615. The van der Waals surface area contributed by atoms with Gasteiger partial charge in [0.1, 0.15) is 5.78 Å². The first-order chi connectivity index (χ1) is 7.63. The van der Waals surface area contributed by atoms with Crippen molar-refractivity contribution >= 4 is 17.1 Å². The summed E-state index contributed by atoms with van der Waals surface area (Å²) in [5.74, 6) is 0.350. The van der Waals surface area contributed by atoms with E-state index in [4.69, 9.17) is 0 Å². The second kappa shape index (κ2) is 6.81. The second-order valence-electron chi connectivity index (χ2n) is 4.34. The summed E-state index contributed by atoms with van der Waals surface area (Å²) >= 11 is 1.79. The zero-order chi connectivity index (χ0) is 12.0. The lowest BCUT2D eigenvalue weighted by atomic mass is 10.1. The van der Waals surface area contributed by atoms with Gasteiger partial charge >= 0.3 is 0 Å². The van der Waals surface area contributed by atoms with Crippen LogP contribution in [-0.4, -0.2) is 30.3 Å². The quantitative estimate of drug-likeness (QED) is 0.729. The first-order valence-corrected chi connectivity index (χ1v) is 6.75. The summed E-state index contributed by atoms with van der Waals surface area (Å²) in [4.78, 5) is 15.1. The molecule has 1 heterocycles. The molecule has 0 N–H and O–H groups in total. The van der Waals surface area contributed by atoms with E-state index >= 15 is 0 Å². The van der Waals surface area contributed by atoms with E-state index in [1.54, 1.807) is 11.3 Å². The summed E-state index contributed by atoms with van der Waals surface area (Å²) in [6.07, 6.45) is 2.69. The summed E-state index contributed by atoms with van der Waals surface area (Å²) < 4.78 is 0. The molecule has 0 fully saturated rings. The molecule has 1 rings (SSSR count). The minimum atomic E-state index is 0.350. The number of carbonyl (C=O) groups excluding carboxylic acids is 1. The summed E-state index contributed by atoms with van der Waals surface area (Å²) in [7, 11) is 2.03. The zero-order valence-electron chi connectivity index (χ0n) is 10.4. The van der Waals surface area contributed by atoms with Gasteiger partial charge in [-0.1, -0.05) is 13.0 Å². The Hall–Kier alpha value is -0.670. The summed E-state index contributed by atoms with van der Waals surface area (Å²) in [6, 6.07) is 4.66. The van der Waals surface area contributed by atoms with Crippen LogP contribution in [0, 0.1) is 0 Å². The first-order valence-electron chi connectivity index (χ1n) is 5.87. The SMILES string of the molecule is CCCC(=O)CN(C)C(C)Cc1cccs1. The average molecular weight is 239 g/mol. The van der Waals surface area contributed by atoms with Gasteiger partial charge in [-0.25, -0.2) is 0 Å². The molecule has 16 heavy (non-hydrogen) atoms. The van der Waals surface area contributed by atoms with Crippen LogP contribution in [0.3, 0.4) is 0 Å². The molecule has 3 heteroatoms. The van der Waals surface area contributed by atoms with Gasteiger partial charge in [-0.15, -0.1) is 11.3 Å². The Morgan fingerprint density at radius 2 is 2.31 bits per heavy atom. The number of thiophene rings is 1. The van der Waals surface area contributed by atoms with Gasteiger partial charge in [-0.2, -0.15) is 0 Å². The standard InChI is InChI=1S/C13H21NOS/c1-4-6-12(15)10-14(3)11(2)9-13-7-5-8-16-13/h5,7-8,11H,4,6,9-10H2,1-3H3. The summed E-state index contributed by atoms with van der Waals surface area (Å²) in [6.45, 7) is 4.81. The monoisotopic (exact) mass is 239 g/mol. The van der Waals surface area contributed by atoms with Crippen LogP contribution in [0.4, 0.5) is 0 Å². The van der Waals surface area contributed by atoms with E-state index in [1.165, 1.54) is 4.88 Å². The number of nitrogens with zero attached hydrogens (tertiary/aromatic N) is 1. The van der Waals surface area contributed by atoms with Crippen molar-refractivity contribution in [3.8, 4) is 0 Å². The third kappa shape index (κ3) is 4.45. The van der Waals surface area contributed by atoms with Crippen LogP contribution in [0.15, 0.2) is 17.5 Å². The summed E-state index contributed by atoms with van der Waals surface area (Å²) in [5, 5.41) is 2.10. The van der Waals surface area contributed by atoms with Crippen molar-refractivity contribution in [2.24, 2.45) is 0 Å². The van der Waals surface area contributed by atoms with Crippen LogP contribution in [-0.2, 0) is 11.2 Å². The van der Waals surface area contributed by atoms with Crippen LogP contribution in [0.25, 0.3) is 0 Å². The van der Waals surface area contributed by atoms with Crippen LogP contribution < -0.4 is 0 Å². The number of ketones is 1. The third-order valence-electron chi connectivity index (χ3n) is 2.78. The zero-order valence-corrected chi connectivity index (χ0v) is 11.2. The van der Waals surface area contributed by atoms with Gasteiger partial charge < -0.3 is 0 Å². The maximum atomic E-state index is 11.5. The Morgan fingerprint density at radius 3 is 2.88 bits per heavy atom. The predicted octanol–water partition coefficient (Wildman–Crippen LogP) is 2.98. The van der Waals surface area contributed by atoms with E-state index in [0.717, 1.165) is 12.8 Å². The lowest BCUT2D eigenvalue weighted by Gasteiger charge is -2.23. The maximum Gasteiger partial charge on any atom is 0.146 e. The highest BCUT2D eigenvalue weighted by molar-refractivity contribution is 7.09. The van der Waals surface area contributed by atoms with E-state index in [2.05, 4.69) is 29.3 Å².